The summed E-state index contributed by atoms with van der Waals surface area (Å²) in [5, 5.41) is 12.0. The van der Waals surface area contributed by atoms with Crippen molar-refractivity contribution in [3.05, 3.63) is 29.8 Å². The Labute approximate surface area is 109 Å². The van der Waals surface area contributed by atoms with Crippen LogP contribution in [0.25, 0.3) is 0 Å². The van der Waals surface area contributed by atoms with Crippen LogP contribution >= 0.6 is 0 Å². The molecule has 0 spiro atoms. The van der Waals surface area contributed by atoms with Gasteiger partial charge in [0.25, 0.3) is 0 Å². The third kappa shape index (κ3) is 5.94. The van der Waals surface area contributed by atoms with Crippen molar-refractivity contribution in [3.8, 4) is 6.07 Å². The van der Waals surface area contributed by atoms with Crippen LogP contribution in [0.1, 0.15) is 43.5 Å². The molecular formula is C14H29N3. The predicted octanol–water partition coefficient (Wildman–Crippen LogP) is 3.86. The molecule has 1 aromatic carbocycles. The molecule has 3 N–H and O–H groups in total. The molecule has 1 atom stereocenters. The predicted molar refractivity (Wildman–Crippen MR) is 80.2 cm³/mol. The standard InChI is InChI=1S/C12H17N3.C2H6.3H2/c1-2-11(7-8-13)15-12-5-3-10(9-14)4-6-12;1-2;;;/h3-6,11,15H,2,7-8,13H2,1H3;1-2H3;3*1H. The van der Waals surface area contributed by atoms with E-state index in [9.17, 15) is 0 Å². The third-order valence-corrected chi connectivity index (χ3v) is 2.39. The minimum absolute atomic E-state index is 0. The zero-order valence-electron chi connectivity index (χ0n) is 11.0. The summed E-state index contributed by atoms with van der Waals surface area (Å²) < 4.78 is 0. The van der Waals surface area contributed by atoms with E-state index in [1.54, 1.807) is 0 Å². The second kappa shape index (κ2) is 9.68. The Morgan fingerprint density at radius 3 is 2.35 bits per heavy atom. The third-order valence-electron chi connectivity index (χ3n) is 2.39. The van der Waals surface area contributed by atoms with Gasteiger partial charge in [-0.2, -0.15) is 5.26 Å². The summed E-state index contributed by atoms with van der Waals surface area (Å²) in [6.07, 6.45) is 2.02. The number of rotatable bonds is 5. The first-order valence-corrected chi connectivity index (χ1v) is 6.27. The molecule has 0 saturated carbocycles. The normalized spacial score (nSPS) is 10.8. The van der Waals surface area contributed by atoms with Crippen LogP contribution in [0.4, 0.5) is 5.69 Å². The van der Waals surface area contributed by atoms with Gasteiger partial charge in [-0.05, 0) is 43.7 Å². The van der Waals surface area contributed by atoms with E-state index in [0.29, 0.717) is 18.2 Å². The second-order valence-electron chi connectivity index (χ2n) is 3.52. The number of anilines is 1. The molecule has 0 saturated heterocycles. The van der Waals surface area contributed by atoms with E-state index < -0.39 is 0 Å². The number of nitrogens with zero attached hydrogens (tertiary/aromatic N) is 1. The molecule has 0 fully saturated rings. The highest BCUT2D eigenvalue weighted by Crippen LogP contribution is 2.12. The van der Waals surface area contributed by atoms with Crippen LogP contribution in [-0.4, -0.2) is 12.6 Å². The average Bonchev–Trinajstić information content (AvgIpc) is 2.41. The highest BCUT2D eigenvalue weighted by atomic mass is 14.9. The zero-order valence-corrected chi connectivity index (χ0v) is 11.0. The maximum atomic E-state index is 8.65. The molecule has 0 radical (unpaired) electrons. The van der Waals surface area contributed by atoms with Crippen molar-refractivity contribution >= 4 is 5.69 Å². The summed E-state index contributed by atoms with van der Waals surface area (Å²) in [6.45, 7) is 6.83. The summed E-state index contributed by atoms with van der Waals surface area (Å²) in [5.41, 5.74) is 7.26. The van der Waals surface area contributed by atoms with E-state index in [1.165, 1.54) is 0 Å². The van der Waals surface area contributed by atoms with Crippen molar-refractivity contribution in [1.82, 2.24) is 0 Å². The van der Waals surface area contributed by atoms with Crippen molar-refractivity contribution in [2.24, 2.45) is 5.73 Å². The SMILES string of the molecule is CC.CCC(CCN)Nc1ccc(C#N)cc1.[HH].[HH].[HH]. The van der Waals surface area contributed by atoms with Gasteiger partial charge in [0.1, 0.15) is 0 Å². The molecule has 17 heavy (non-hydrogen) atoms. The fourth-order valence-electron chi connectivity index (χ4n) is 1.46. The Morgan fingerprint density at radius 2 is 1.94 bits per heavy atom. The smallest absolute Gasteiger partial charge is 0.0991 e. The number of hydrogen-bond acceptors (Lipinski definition) is 3. The second-order valence-corrected chi connectivity index (χ2v) is 3.52. The molecule has 0 aliphatic heterocycles. The van der Waals surface area contributed by atoms with Gasteiger partial charge in [0.05, 0.1) is 11.6 Å². The maximum Gasteiger partial charge on any atom is 0.0991 e. The van der Waals surface area contributed by atoms with Crippen molar-refractivity contribution in [1.29, 1.82) is 5.26 Å². The molecule has 1 rings (SSSR count). The Bertz CT molecular complexity index is 337. The molecule has 1 unspecified atom stereocenters. The molecule has 0 bridgehead atoms. The van der Waals surface area contributed by atoms with E-state index in [4.69, 9.17) is 11.0 Å². The Balaban J connectivity index is -0.000000244. The molecule has 0 amide bonds. The highest BCUT2D eigenvalue weighted by Gasteiger charge is 2.04. The van der Waals surface area contributed by atoms with E-state index in [2.05, 4.69) is 18.3 Å². The van der Waals surface area contributed by atoms with Gasteiger partial charge in [-0.1, -0.05) is 20.8 Å². The van der Waals surface area contributed by atoms with E-state index in [1.807, 2.05) is 38.1 Å². The van der Waals surface area contributed by atoms with Gasteiger partial charge in [0, 0.05) is 16.0 Å². The first-order chi connectivity index (χ1) is 8.30. The zero-order chi connectivity index (χ0) is 13.1. The van der Waals surface area contributed by atoms with Crippen molar-refractivity contribution in [3.63, 3.8) is 0 Å². The van der Waals surface area contributed by atoms with Gasteiger partial charge in [0.15, 0.2) is 0 Å². The summed E-state index contributed by atoms with van der Waals surface area (Å²) >= 11 is 0. The van der Waals surface area contributed by atoms with Crippen LogP contribution in [0.3, 0.4) is 0 Å². The molecule has 0 aliphatic rings. The highest BCUT2D eigenvalue weighted by molar-refractivity contribution is 5.47. The lowest BCUT2D eigenvalue weighted by Gasteiger charge is -2.17. The fraction of sp³-hybridized carbons (Fsp3) is 0.500. The Kier molecular flexibility index (Phi) is 8.81. The van der Waals surface area contributed by atoms with E-state index in [0.717, 1.165) is 18.5 Å². The minimum Gasteiger partial charge on any atom is -0.382 e. The largest absolute Gasteiger partial charge is 0.382 e. The lowest BCUT2D eigenvalue weighted by Crippen LogP contribution is -2.22. The first-order valence-electron chi connectivity index (χ1n) is 6.27. The Morgan fingerprint density at radius 1 is 1.35 bits per heavy atom. The molecule has 0 aromatic heterocycles. The van der Waals surface area contributed by atoms with Gasteiger partial charge in [-0.15, -0.1) is 0 Å². The van der Waals surface area contributed by atoms with Crippen molar-refractivity contribution in [2.75, 3.05) is 11.9 Å². The topological polar surface area (TPSA) is 61.8 Å². The minimum atomic E-state index is 0. The molecule has 1 aromatic rings. The molecule has 3 nitrogen and oxygen atoms in total. The lowest BCUT2D eigenvalue weighted by molar-refractivity contribution is 0.642. The molecule has 0 aliphatic carbocycles. The number of nitrogens with one attached hydrogen (secondary N) is 1. The number of nitrogens with two attached hydrogens (primary N) is 1. The average molecular weight is 239 g/mol. The van der Waals surface area contributed by atoms with Gasteiger partial charge >= 0.3 is 0 Å². The lowest BCUT2D eigenvalue weighted by atomic mass is 10.1. The number of hydrogen-bond donors (Lipinski definition) is 2. The summed E-state index contributed by atoms with van der Waals surface area (Å²) in [6, 6.07) is 10.0. The number of nitriles is 1. The fourth-order valence-corrected chi connectivity index (χ4v) is 1.46. The monoisotopic (exact) mass is 239 g/mol. The van der Waals surface area contributed by atoms with Crippen LogP contribution in [0.15, 0.2) is 24.3 Å². The van der Waals surface area contributed by atoms with Gasteiger partial charge in [-0.25, -0.2) is 0 Å². The van der Waals surface area contributed by atoms with Crippen molar-refractivity contribution in [2.45, 2.75) is 39.7 Å². The quantitative estimate of drug-likeness (QED) is 0.820. The van der Waals surface area contributed by atoms with E-state index >= 15 is 0 Å². The van der Waals surface area contributed by atoms with Gasteiger partial charge in [-0.3, -0.25) is 0 Å². The maximum absolute atomic E-state index is 8.65. The number of benzene rings is 1. The summed E-state index contributed by atoms with van der Waals surface area (Å²) in [4.78, 5) is 0. The summed E-state index contributed by atoms with van der Waals surface area (Å²) in [5.74, 6) is 0. The first kappa shape index (κ1) is 15.5. The van der Waals surface area contributed by atoms with Gasteiger partial charge in [0.2, 0.25) is 0 Å². The molecular weight excluding hydrogens is 210 g/mol. The van der Waals surface area contributed by atoms with Crippen LogP contribution in [0, 0.1) is 11.3 Å². The molecule has 100 valence electrons. The van der Waals surface area contributed by atoms with Gasteiger partial charge < -0.3 is 11.1 Å². The van der Waals surface area contributed by atoms with Crippen LogP contribution in [-0.2, 0) is 0 Å². The van der Waals surface area contributed by atoms with Crippen LogP contribution in [0.5, 0.6) is 0 Å². The van der Waals surface area contributed by atoms with Crippen LogP contribution in [0.2, 0.25) is 0 Å². The Hall–Kier alpha value is -1.53. The van der Waals surface area contributed by atoms with Crippen molar-refractivity contribution < 1.29 is 4.28 Å². The summed E-state index contributed by atoms with van der Waals surface area (Å²) in [7, 11) is 0. The molecule has 0 heterocycles. The molecule has 3 heteroatoms. The van der Waals surface area contributed by atoms with Crippen LogP contribution < -0.4 is 11.1 Å². The van der Waals surface area contributed by atoms with E-state index in [-0.39, 0.29) is 4.28 Å².